The van der Waals surface area contributed by atoms with E-state index in [0.29, 0.717) is 41.4 Å². The number of halogens is 1. The topological polar surface area (TPSA) is 100 Å². The number of hydrogen-bond acceptors (Lipinski definition) is 8. The summed E-state index contributed by atoms with van der Waals surface area (Å²) in [5.74, 6) is 0.863. The number of fused-ring (bicyclic) bond motifs is 2. The molecule has 9 nitrogen and oxygen atoms in total. The van der Waals surface area contributed by atoms with Crippen LogP contribution in [-0.4, -0.2) is 46.5 Å². The second-order valence-electron chi connectivity index (χ2n) is 7.78. The Morgan fingerprint density at radius 1 is 1.21 bits per heavy atom. The summed E-state index contributed by atoms with van der Waals surface area (Å²) in [6.45, 7) is 0.785. The lowest BCUT2D eigenvalue weighted by molar-refractivity contribution is 0.0593. The largest absolute Gasteiger partial charge is 0.493 e. The summed E-state index contributed by atoms with van der Waals surface area (Å²) in [5.41, 5.74) is 3.02. The monoisotopic (exact) mass is 463 g/mol. The fourth-order valence-electron chi connectivity index (χ4n) is 4.17. The van der Waals surface area contributed by atoms with E-state index in [1.165, 1.54) is 20.3 Å². The van der Waals surface area contributed by atoms with Crippen molar-refractivity contribution in [2.24, 2.45) is 7.05 Å². The van der Waals surface area contributed by atoms with Crippen LogP contribution >= 0.6 is 0 Å². The van der Waals surface area contributed by atoms with Crippen molar-refractivity contribution in [3.05, 3.63) is 59.3 Å². The van der Waals surface area contributed by atoms with Crippen LogP contribution in [0.2, 0.25) is 0 Å². The van der Waals surface area contributed by atoms with Gasteiger partial charge < -0.3 is 19.5 Å². The van der Waals surface area contributed by atoms with Crippen LogP contribution in [-0.2, 0) is 24.8 Å². The van der Waals surface area contributed by atoms with Gasteiger partial charge in [-0.25, -0.2) is 19.2 Å². The highest BCUT2D eigenvalue weighted by Crippen LogP contribution is 2.35. The summed E-state index contributed by atoms with van der Waals surface area (Å²) in [6.07, 6.45) is 4.00. The molecule has 5 rings (SSSR count). The third-order valence-corrected chi connectivity index (χ3v) is 5.88. The van der Waals surface area contributed by atoms with Gasteiger partial charge in [-0.2, -0.15) is 5.10 Å². The van der Waals surface area contributed by atoms with E-state index in [4.69, 9.17) is 14.2 Å². The number of ether oxygens (including phenoxy) is 3. The molecule has 0 bridgehead atoms. The molecule has 10 heteroatoms. The number of nitrogens with zero attached hydrogens (tertiary/aromatic N) is 4. The summed E-state index contributed by atoms with van der Waals surface area (Å²) in [5, 5.41) is 9.00. The van der Waals surface area contributed by atoms with Crippen molar-refractivity contribution >= 4 is 22.6 Å². The molecule has 0 unspecified atom stereocenters. The average Bonchev–Trinajstić information content (AvgIpc) is 3.49. The van der Waals surface area contributed by atoms with Crippen LogP contribution in [0.5, 0.6) is 11.6 Å². The Morgan fingerprint density at radius 3 is 2.85 bits per heavy atom. The number of nitrogens with one attached hydrogen (secondary N) is 1. The first-order valence-corrected chi connectivity index (χ1v) is 10.6. The SMILES string of the molecule is COC(=O)c1cc(-c2cnc(NCc3c(F)ccc4c3CCO4)c3cnc(OC)cc23)n(C)n1. The number of aromatic nitrogens is 4. The van der Waals surface area contributed by atoms with Crippen LogP contribution in [0.25, 0.3) is 22.0 Å². The van der Waals surface area contributed by atoms with Gasteiger partial charge in [0.2, 0.25) is 5.88 Å². The molecule has 1 aromatic carbocycles. The highest BCUT2D eigenvalue weighted by atomic mass is 19.1. The fraction of sp³-hybridized carbons (Fsp3) is 0.250. The Labute approximate surface area is 194 Å². The van der Waals surface area contributed by atoms with E-state index in [1.54, 1.807) is 42.3 Å². The summed E-state index contributed by atoms with van der Waals surface area (Å²) < 4.78 is 31.9. The van der Waals surface area contributed by atoms with Gasteiger partial charge in [0.1, 0.15) is 17.4 Å². The lowest BCUT2D eigenvalue weighted by Crippen LogP contribution is -2.07. The van der Waals surface area contributed by atoms with Crippen molar-refractivity contribution in [3.8, 4) is 22.9 Å². The Kier molecular flexibility index (Phi) is 5.48. The number of rotatable bonds is 6. The van der Waals surface area contributed by atoms with E-state index in [1.807, 2.05) is 0 Å². The minimum Gasteiger partial charge on any atom is -0.493 e. The molecule has 0 amide bonds. The van der Waals surface area contributed by atoms with Gasteiger partial charge in [-0.15, -0.1) is 0 Å². The number of carbonyl (C=O) groups excluding carboxylic acids is 1. The van der Waals surface area contributed by atoms with Gasteiger partial charge in [0, 0.05) is 65.9 Å². The summed E-state index contributed by atoms with van der Waals surface area (Å²) in [7, 11) is 4.58. The lowest BCUT2D eigenvalue weighted by atomic mass is 10.0. The molecule has 0 atom stereocenters. The van der Waals surface area contributed by atoms with Gasteiger partial charge in [0.25, 0.3) is 0 Å². The minimum atomic E-state index is -0.530. The smallest absolute Gasteiger partial charge is 0.358 e. The van der Waals surface area contributed by atoms with E-state index >= 15 is 0 Å². The molecule has 0 spiro atoms. The zero-order chi connectivity index (χ0) is 23.8. The number of benzene rings is 1. The Morgan fingerprint density at radius 2 is 2.06 bits per heavy atom. The van der Waals surface area contributed by atoms with E-state index in [2.05, 4.69) is 20.4 Å². The molecule has 0 saturated carbocycles. The number of methoxy groups -OCH3 is 2. The van der Waals surface area contributed by atoms with Crippen LogP contribution in [0.1, 0.15) is 21.6 Å². The van der Waals surface area contributed by atoms with Crippen LogP contribution in [0.4, 0.5) is 10.2 Å². The molecular weight excluding hydrogens is 441 g/mol. The second kappa shape index (κ2) is 8.62. The maximum Gasteiger partial charge on any atom is 0.358 e. The van der Waals surface area contributed by atoms with Gasteiger partial charge in [-0.05, 0) is 18.2 Å². The molecule has 174 valence electrons. The van der Waals surface area contributed by atoms with Crippen LogP contribution < -0.4 is 14.8 Å². The zero-order valence-corrected chi connectivity index (χ0v) is 18.9. The lowest BCUT2D eigenvalue weighted by Gasteiger charge is -2.14. The summed E-state index contributed by atoms with van der Waals surface area (Å²) >= 11 is 0. The number of anilines is 1. The first-order chi connectivity index (χ1) is 16.5. The molecule has 3 aromatic heterocycles. The zero-order valence-electron chi connectivity index (χ0n) is 18.9. The number of aryl methyl sites for hydroxylation is 1. The number of hydrogen-bond donors (Lipinski definition) is 1. The molecule has 1 aliphatic rings. The summed E-state index contributed by atoms with van der Waals surface area (Å²) in [4.78, 5) is 20.9. The highest BCUT2D eigenvalue weighted by Gasteiger charge is 2.21. The van der Waals surface area contributed by atoms with Crippen molar-refractivity contribution < 1.29 is 23.4 Å². The number of pyridine rings is 2. The third-order valence-electron chi connectivity index (χ3n) is 5.88. The molecule has 34 heavy (non-hydrogen) atoms. The predicted molar refractivity (Wildman–Crippen MR) is 123 cm³/mol. The fourth-order valence-corrected chi connectivity index (χ4v) is 4.17. The number of esters is 1. The van der Waals surface area contributed by atoms with E-state index in [-0.39, 0.29) is 18.1 Å². The standard InChI is InChI=1S/C24H22FN5O4/c1-30-20(9-19(29-30)24(31)33-3)16-11-28-23(17-12-26-22(32-2)8-14(16)17)27-10-15-13-6-7-34-21(13)5-4-18(15)25/h4-5,8-9,11-12H,6-7,10H2,1-3H3,(H,27,28). The number of carbonyl (C=O) groups is 1. The third kappa shape index (κ3) is 3.66. The van der Waals surface area contributed by atoms with Gasteiger partial charge in [0.05, 0.1) is 26.5 Å². The molecular formula is C24H22FN5O4. The van der Waals surface area contributed by atoms with Gasteiger partial charge >= 0.3 is 5.97 Å². The van der Waals surface area contributed by atoms with E-state index < -0.39 is 5.97 Å². The normalized spacial score (nSPS) is 12.4. The average molecular weight is 463 g/mol. The van der Waals surface area contributed by atoms with Crippen molar-refractivity contribution in [1.29, 1.82) is 0 Å². The van der Waals surface area contributed by atoms with Crippen LogP contribution in [0, 0.1) is 5.82 Å². The van der Waals surface area contributed by atoms with E-state index in [0.717, 1.165) is 22.3 Å². The second-order valence-corrected chi connectivity index (χ2v) is 7.78. The quantitative estimate of drug-likeness (QED) is 0.434. The van der Waals surface area contributed by atoms with Gasteiger partial charge in [-0.3, -0.25) is 4.68 Å². The van der Waals surface area contributed by atoms with Crippen LogP contribution in [0.3, 0.4) is 0 Å². The maximum atomic E-state index is 14.6. The Balaban J connectivity index is 1.57. The van der Waals surface area contributed by atoms with Crippen molar-refractivity contribution in [1.82, 2.24) is 19.7 Å². The van der Waals surface area contributed by atoms with Crippen molar-refractivity contribution in [3.63, 3.8) is 0 Å². The molecule has 4 aromatic rings. The molecule has 0 fully saturated rings. The Hall–Kier alpha value is -4.21. The van der Waals surface area contributed by atoms with E-state index in [9.17, 15) is 9.18 Å². The summed E-state index contributed by atoms with van der Waals surface area (Å²) in [6, 6.07) is 6.52. The minimum absolute atomic E-state index is 0.187. The molecule has 0 aliphatic carbocycles. The first-order valence-electron chi connectivity index (χ1n) is 10.6. The van der Waals surface area contributed by atoms with Crippen LogP contribution in [0.15, 0.2) is 36.7 Å². The van der Waals surface area contributed by atoms with Gasteiger partial charge in [0.15, 0.2) is 5.69 Å². The predicted octanol–water partition coefficient (Wildman–Crippen LogP) is 3.51. The van der Waals surface area contributed by atoms with Gasteiger partial charge in [-0.1, -0.05) is 0 Å². The molecule has 1 N–H and O–H groups in total. The Bertz CT molecular complexity index is 1420. The maximum absolute atomic E-state index is 14.6. The first kappa shape index (κ1) is 21.6. The van der Waals surface area contributed by atoms with Crippen molar-refractivity contribution in [2.45, 2.75) is 13.0 Å². The molecule has 0 radical (unpaired) electrons. The molecule has 4 heterocycles. The molecule has 1 aliphatic heterocycles. The van der Waals surface area contributed by atoms with Crippen molar-refractivity contribution in [2.75, 3.05) is 26.1 Å². The highest BCUT2D eigenvalue weighted by molar-refractivity contribution is 6.02. The molecule has 0 saturated heterocycles.